The number of aromatic nitrogens is 3. The summed E-state index contributed by atoms with van der Waals surface area (Å²) in [5.41, 5.74) is 0.180. The van der Waals surface area contributed by atoms with Crippen molar-refractivity contribution >= 4 is 22.8 Å². The molecule has 0 aliphatic carbocycles. The summed E-state index contributed by atoms with van der Waals surface area (Å²) in [5.74, 6) is -0.843. The van der Waals surface area contributed by atoms with Gasteiger partial charge in [-0.3, -0.25) is 9.59 Å². The molecule has 0 aliphatic rings. The first-order chi connectivity index (χ1) is 13.9. The van der Waals surface area contributed by atoms with Gasteiger partial charge in [-0.15, -0.1) is 0 Å². The van der Waals surface area contributed by atoms with E-state index in [9.17, 15) is 14.7 Å². The fourth-order valence-electron chi connectivity index (χ4n) is 3.18. The van der Waals surface area contributed by atoms with Crippen molar-refractivity contribution in [2.75, 3.05) is 6.54 Å². The molecule has 2 heterocycles. The van der Waals surface area contributed by atoms with Gasteiger partial charge in [-0.05, 0) is 25.0 Å². The molecule has 0 aliphatic heterocycles. The van der Waals surface area contributed by atoms with E-state index in [4.69, 9.17) is 0 Å². The van der Waals surface area contributed by atoms with Gasteiger partial charge >= 0.3 is 0 Å². The highest BCUT2D eigenvalue weighted by atomic mass is 16.3. The zero-order chi connectivity index (χ0) is 20.9. The zero-order valence-electron chi connectivity index (χ0n) is 16.5. The van der Waals surface area contributed by atoms with Gasteiger partial charge in [0.05, 0.1) is 11.4 Å². The molecule has 2 amide bonds. The minimum absolute atomic E-state index is 0.146. The number of carbonyl (C=O) groups excluding carboxylic acids is 2. The van der Waals surface area contributed by atoms with Gasteiger partial charge in [-0.25, -0.2) is 9.97 Å². The van der Waals surface area contributed by atoms with Crippen molar-refractivity contribution in [3.8, 4) is 0 Å². The quantitative estimate of drug-likeness (QED) is 0.466. The lowest BCUT2D eigenvalue weighted by molar-refractivity contribution is -0.139. The lowest BCUT2D eigenvalue weighted by Gasteiger charge is -2.26. The van der Waals surface area contributed by atoms with Crippen LogP contribution in [0.3, 0.4) is 0 Å². The number of hydrogen-bond acceptors (Lipinski definition) is 5. The van der Waals surface area contributed by atoms with Gasteiger partial charge < -0.3 is 20.7 Å². The molecule has 0 saturated carbocycles. The second kappa shape index (κ2) is 8.83. The van der Waals surface area contributed by atoms with E-state index in [-0.39, 0.29) is 18.1 Å². The summed E-state index contributed by atoms with van der Waals surface area (Å²) in [5, 5.41) is 16.7. The predicted molar refractivity (Wildman–Crippen MR) is 109 cm³/mol. The van der Waals surface area contributed by atoms with Crippen LogP contribution in [-0.4, -0.2) is 44.0 Å². The number of aromatic amines is 1. The molecule has 2 aromatic heterocycles. The summed E-state index contributed by atoms with van der Waals surface area (Å²) in [7, 11) is 0. The third-order valence-electron chi connectivity index (χ3n) is 4.77. The molecule has 0 bridgehead atoms. The normalized spacial score (nSPS) is 14.2. The molecule has 29 heavy (non-hydrogen) atoms. The summed E-state index contributed by atoms with van der Waals surface area (Å²) < 4.78 is 0. The topological polar surface area (TPSA) is 120 Å². The van der Waals surface area contributed by atoms with E-state index in [2.05, 4.69) is 25.6 Å². The Morgan fingerprint density at radius 2 is 1.97 bits per heavy atom. The van der Waals surface area contributed by atoms with Gasteiger partial charge in [0.2, 0.25) is 0 Å². The van der Waals surface area contributed by atoms with Crippen molar-refractivity contribution in [2.24, 2.45) is 0 Å². The molecule has 0 spiro atoms. The van der Waals surface area contributed by atoms with Crippen molar-refractivity contribution in [1.82, 2.24) is 25.6 Å². The second-order valence-electron chi connectivity index (χ2n) is 7.13. The van der Waals surface area contributed by atoms with Gasteiger partial charge in [0.1, 0.15) is 23.3 Å². The summed E-state index contributed by atoms with van der Waals surface area (Å²) in [6.07, 6.45) is 4.04. The number of hydrogen-bond donors (Lipinski definition) is 4. The molecular weight excluding hydrogens is 370 g/mol. The predicted octanol–water partition coefficient (Wildman–Crippen LogP) is 2.10. The lowest BCUT2D eigenvalue weighted by Crippen LogP contribution is -2.48. The van der Waals surface area contributed by atoms with Gasteiger partial charge in [0, 0.05) is 12.7 Å². The van der Waals surface area contributed by atoms with Crippen LogP contribution in [0.4, 0.5) is 0 Å². The fraction of sp³-hybridized carbons (Fsp3) is 0.333. The van der Waals surface area contributed by atoms with Gasteiger partial charge in [0.25, 0.3) is 11.8 Å². The van der Waals surface area contributed by atoms with Crippen LogP contribution in [0.2, 0.25) is 0 Å². The van der Waals surface area contributed by atoms with E-state index < -0.39 is 17.6 Å². The SMILES string of the molecule is CCCC(C)(O)C(=O)NC(CNC(=O)c1ncnc2[nH]ccc12)c1ccccc1. The Morgan fingerprint density at radius 3 is 2.69 bits per heavy atom. The van der Waals surface area contributed by atoms with Crippen LogP contribution < -0.4 is 10.6 Å². The minimum Gasteiger partial charge on any atom is -0.380 e. The number of H-pyrrole nitrogens is 1. The van der Waals surface area contributed by atoms with Crippen LogP contribution in [0.15, 0.2) is 48.9 Å². The maximum Gasteiger partial charge on any atom is 0.270 e. The van der Waals surface area contributed by atoms with E-state index in [1.54, 1.807) is 12.3 Å². The first kappa shape index (κ1) is 20.5. The van der Waals surface area contributed by atoms with Crippen LogP contribution in [0.1, 0.15) is 48.8 Å². The molecule has 3 rings (SSSR count). The Labute approximate surface area is 168 Å². The maximum atomic E-state index is 12.7. The van der Waals surface area contributed by atoms with Crippen molar-refractivity contribution in [1.29, 1.82) is 0 Å². The van der Waals surface area contributed by atoms with Crippen LogP contribution in [-0.2, 0) is 4.79 Å². The van der Waals surface area contributed by atoms with Crippen molar-refractivity contribution in [3.05, 3.63) is 60.2 Å². The summed E-state index contributed by atoms with van der Waals surface area (Å²) in [4.78, 5) is 36.4. The van der Waals surface area contributed by atoms with Gasteiger partial charge in [0.15, 0.2) is 0 Å². The number of nitrogens with zero attached hydrogens (tertiary/aromatic N) is 2. The Morgan fingerprint density at radius 1 is 1.21 bits per heavy atom. The zero-order valence-corrected chi connectivity index (χ0v) is 16.5. The molecule has 8 nitrogen and oxygen atoms in total. The summed E-state index contributed by atoms with van der Waals surface area (Å²) in [6.45, 7) is 3.54. The molecule has 152 valence electrons. The number of amides is 2. The third-order valence-corrected chi connectivity index (χ3v) is 4.77. The number of rotatable bonds is 8. The minimum atomic E-state index is -1.48. The average molecular weight is 395 g/mol. The van der Waals surface area contributed by atoms with Gasteiger partial charge in [-0.1, -0.05) is 43.7 Å². The summed E-state index contributed by atoms with van der Waals surface area (Å²) in [6, 6.07) is 10.5. The molecule has 3 aromatic rings. The monoisotopic (exact) mass is 395 g/mol. The lowest BCUT2D eigenvalue weighted by atomic mass is 9.98. The largest absolute Gasteiger partial charge is 0.380 e. The van der Waals surface area contributed by atoms with E-state index in [0.29, 0.717) is 23.9 Å². The summed E-state index contributed by atoms with van der Waals surface area (Å²) >= 11 is 0. The van der Waals surface area contributed by atoms with Gasteiger partial charge in [-0.2, -0.15) is 0 Å². The molecule has 0 fully saturated rings. The Hall–Kier alpha value is -3.26. The third kappa shape index (κ3) is 4.78. The van der Waals surface area contributed by atoms with Crippen molar-refractivity contribution in [3.63, 3.8) is 0 Å². The molecular formula is C21H25N5O3. The number of nitrogens with one attached hydrogen (secondary N) is 3. The first-order valence-corrected chi connectivity index (χ1v) is 9.57. The van der Waals surface area contributed by atoms with E-state index in [1.807, 2.05) is 37.3 Å². The van der Waals surface area contributed by atoms with E-state index in [0.717, 1.165) is 5.56 Å². The highest BCUT2D eigenvalue weighted by Gasteiger charge is 2.31. The van der Waals surface area contributed by atoms with Crippen LogP contribution >= 0.6 is 0 Å². The molecule has 1 aromatic carbocycles. The first-order valence-electron chi connectivity index (χ1n) is 9.57. The number of benzene rings is 1. The molecule has 4 N–H and O–H groups in total. The Bertz CT molecular complexity index is 984. The molecule has 8 heteroatoms. The number of fused-ring (bicyclic) bond motifs is 1. The van der Waals surface area contributed by atoms with Crippen LogP contribution in [0, 0.1) is 0 Å². The number of carbonyl (C=O) groups is 2. The average Bonchev–Trinajstić information content (AvgIpc) is 3.20. The van der Waals surface area contributed by atoms with Crippen LogP contribution in [0.5, 0.6) is 0 Å². The highest BCUT2D eigenvalue weighted by Crippen LogP contribution is 2.18. The molecule has 0 radical (unpaired) electrons. The van der Waals surface area contributed by atoms with Crippen molar-refractivity contribution < 1.29 is 14.7 Å². The van der Waals surface area contributed by atoms with E-state index in [1.165, 1.54) is 13.3 Å². The van der Waals surface area contributed by atoms with E-state index >= 15 is 0 Å². The standard InChI is InChI=1S/C21H25N5O3/c1-3-10-21(2,29)20(28)26-16(14-7-5-4-6-8-14)12-23-19(27)17-15-9-11-22-18(15)25-13-24-17/h4-9,11,13,16,29H,3,10,12H2,1-2H3,(H,23,27)(H,26,28)(H,22,24,25). The number of aliphatic hydroxyl groups is 1. The highest BCUT2D eigenvalue weighted by molar-refractivity contribution is 6.03. The van der Waals surface area contributed by atoms with Crippen LogP contribution in [0.25, 0.3) is 11.0 Å². The fourth-order valence-corrected chi connectivity index (χ4v) is 3.18. The molecule has 2 unspecified atom stereocenters. The van der Waals surface area contributed by atoms with Crippen molar-refractivity contribution in [2.45, 2.75) is 38.3 Å². The maximum absolute atomic E-state index is 12.7. The Balaban J connectivity index is 1.76. The molecule has 0 saturated heterocycles. The smallest absolute Gasteiger partial charge is 0.270 e. The second-order valence-corrected chi connectivity index (χ2v) is 7.13. The Kier molecular flexibility index (Phi) is 6.23. The molecule has 2 atom stereocenters.